The summed E-state index contributed by atoms with van der Waals surface area (Å²) in [6.07, 6.45) is 8.11. The first-order valence-electron chi connectivity index (χ1n) is 7.72. The van der Waals surface area contributed by atoms with E-state index in [0.29, 0.717) is 5.92 Å². The Balaban J connectivity index is 2.61. The van der Waals surface area contributed by atoms with E-state index in [1.807, 2.05) is 12.1 Å². The molecule has 2 nitrogen and oxygen atoms in total. The molecule has 1 amide bonds. The highest BCUT2D eigenvalue weighted by Gasteiger charge is 2.12. The van der Waals surface area contributed by atoms with Crippen molar-refractivity contribution in [2.75, 3.05) is 0 Å². The Kier molecular flexibility index (Phi) is 7.71. The molecule has 20 heavy (non-hydrogen) atoms. The molecule has 0 aromatic heterocycles. The molecule has 1 aromatic rings. The zero-order valence-corrected chi connectivity index (χ0v) is 12.8. The number of benzene rings is 1. The third-order valence-corrected chi connectivity index (χ3v) is 3.79. The fourth-order valence-corrected chi connectivity index (χ4v) is 2.47. The second-order valence-electron chi connectivity index (χ2n) is 5.29. The Morgan fingerprint density at radius 1 is 1.25 bits per heavy atom. The highest BCUT2D eigenvalue weighted by molar-refractivity contribution is 5.91. The van der Waals surface area contributed by atoms with E-state index in [2.05, 4.69) is 38.1 Å². The van der Waals surface area contributed by atoms with E-state index in [0.717, 1.165) is 44.1 Å². The molecule has 0 heterocycles. The second kappa shape index (κ2) is 9.35. The summed E-state index contributed by atoms with van der Waals surface area (Å²) in [7, 11) is 0. The summed E-state index contributed by atoms with van der Waals surface area (Å²) in [6, 6.07) is 10.5. The van der Waals surface area contributed by atoms with Crippen molar-refractivity contribution in [3.8, 4) is 0 Å². The average molecular weight is 273 g/mol. The predicted molar refractivity (Wildman–Crippen MR) is 85.5 cm³/mol. The summed E-state index contributed by atoms with van der Waals surface area (Å²) in [5, 5.41) is 0. The number of unbranched alkanes of at least 4 members (excludes halogenated alkanes) is 2. The Bertz CT molecular complexity index is 422. The molecular formula is C18H27NO. The molecule has 0 aliphatic rings. The number of primary amides is 1. The molecule has 0 fully saturated rings. The fraction of sp³-hybridized carbons (Fsp3) is 0.500. The minimum Gasteiger partial charge on any atom is -0.366 e. The highest BCUT2D eigenvalue weighted by Crippen LogP contribution is 2.26. The molecule has 0 radical (unpaired) electrons. The molecule has 1 rings (SSSR count). The summed E-state index contributed by atoms with van der Waals surface area (Å²) in [6.45, 7) is 4.35. The van der Waals surface area contributed by atoms with Crippen LogP contribution >= 0.6 is 0 Å². The van der Waals surface area contributed by atoms with Crippen LogP contribution in [0.5, 0.6) is 0 Å². The van der Waals surface area contributed by atoms with Crippen molar-refractivity contribution in [1.29, 1.82) is 0 Å². The van der Waals surface area contributed by atoms with Gasteiger partial charge in [0.05, 0.1) is 0 Å². The lowest BCUT2D eigenvalue weighted by atomic mass is 9.90. The van der Waals surface area contributed by atoms with Crippen LogP contribution in [-0.4, -0.2) is 5.91 Å². The van der Waals surface area contributed by atoms with Gasteiger partial charge in [-0.25, -0.2) is 0 Å². The van der Waals surface area contributed by atoms with Gasteiger partial charge in [-0.2, -0.15) is 0 Å². The molecular weight excluding hydrogens is 246 g/mol. The first-order valence-corrected chi connectivity index (χ1v) is 7.72. The number of allylic oxidation sites excluding steroid dienone is 1. The van der Waals surface area contributed by atoms with E-state index in [1.54, 1.807) is 0 Å². The smallest absolute Gasteiger partial charge is 0.244 e. The average Bonchev–Trinajstić information content (AvgIpc) is 2.47. The quantitative estimate of drug-likeness (QED) is 0.520. The zero-order chi connectivity index (χ0) is 14.8. The number of hydrogen-bond donors (Lipinski definition) is 1. The highest BCUT2D eigenvalue weighted by atomic mass is 16.1. The monoisotopic (exact) mass is 273 g/mol. The molecule has 2 heteroatoms. The summed E-state index contributed by atoms with van der Waals surface area (Å²) in [5.41, 5.74) is 7.63. The van der Waals surface area contributed by atoms with Gasteiger partial charge in [0.15, 0.2) is 0 Å². The Morgan fingerprint density at radius 3 is 2.50 bits per heavy atom. The van der Waals surface area contributed by atoms with Gasteiger partial charge in [0.2, 0.25) is 5.91 Å². The van der Waals surface area contributed by atoms with E-state index in [4.69, 9.17) is 5.73 Å². The summed E-state index contributed by atoms with van der Waals surface area (Å²) in [5.74, 6) is 0.245. The van der Waals surface area contributed by atoms with Crippen LogP contribution in [0.3, 0.4) is 0 Å². The molecule has 2 N–H and O–H groups in total. The third-order valence-electron chi connectivity index (χ3n) is 3.79. The Morgan fingerprint density at radius 2 is 1.95 bits per heavy atom. The van der Waals surface area contributed by atoms with Crippen molar-refractivity contribution in [3.63, 3.8) is 0 Å². The van der Waals surface area contributed by atoms with Crippen molar-refractivity contribution in [3.05, 3.63) is 47.5 Å². The first kappa shape index (κ1) is 16.5. The van der Waals surface area contributed by atoms with E-state index in [9.17, 15) is 4.79 Å². The van der Waals surface area contributed by atoms with E-state index in [-0.39, 0.29) is 5.91 Å². The molecule has 0 saturated heterocycles. The lowest BCUT2D eigenvalue weighted by Crippen LogP contribution is -2.14. The van der Waals surface area contributed by atoms with Gasteiger partial charge >= 0.3 is 0 Å². The number of hydrogen-bond acceptors (Lipinski definition) is 1. The minimum atomic E-state index is -0.260. The normalized spacial score (nSPS) is 13.2. The van der Waals surface area contributed by atoms with Crippen LogP contribution in [0.4, 0.5) is 0 Å². The number of carbonyl (C=O) groups excluding carboxylic acids is 1. The molecule has 0 aliphatic carbocycles. The van der Waals surface area contributed by atoms with Gasteiger partial charge in [0, 0.05) is 5.57 Å². The number of carbonyl (C=O) groups is 1. The molecule has 110 valence electrons. The predicted octanol–water partition coefficient (Wildman–Crippen LogP) is 4.56. The summed E-state index contributed by atoms with van der Waals surface area (Å²) in [4.78, 5) is 11.5. The Labute approximate surface area is 123 Å². The van der Waals surface area contributed by atoms with Gasteiger partial charge in [-0.1, -0.05) is 63.1 Å². The number of rotatable bonds is 9. The minimum absolute atomic E-state index is 0.260. The molecule has 1 aromatic carbocycles. The van der Waals surface area contributed by atoms with Gasteiger partial charge in [0.1, 0.15) is 0 Å². The van der Waals surface area contributed by atoms with Crippen molar-refractivity contribution < 1.29 is 4.79 Å². The van der Waals surface area contributed by atoms with Crippen LogP contribution in [0.25, 0.3) is 0 Å². The van der Waals surface area contributed by atoms with Crippen LogP contribution in [0.1, 0.15) is 63.9 Å². The van der Waals surface area contributed by atoms with Gasteiger partial charge in [0.25, 0.3) is 0 Å². The molecule has 0 aliphatic heterocycles. The van der Waals surface area contributed by atoms with Crippen LogP contribution < -0.4 is 5.73 Å². The van der Waals surface area contributed by atoms with Crippen LogP contribution in [0.15, 0.2) is 42.0 Å². The number of nitrogens with two attached hydrogens (primary N) is 1. The van der Waals surface area contributed by atoms with Gasteiger partial charge in [-0.05, 0) is 37.2 Å². The van der Waals surface area contributed by atoms with Crippen LogP contribution in [-0.2, 0) is 4.79 Å². The van der Waals surface area contributed by atoms with E-state index >= 15 is 0 Å². The summed E-state index contributed by atoms with van der Waals surface area (Å²) >= 11 is 0. The molecule has 0 bridgehead atoms. The lowest BCUT2D eigenvalue weighted by Gasteiger charge is -2.15. The maximum Gasteiger partial charge on any atom is 0.244 e. The van der Waals surface area contributed by atoms with Crippen molar-refractivity contribution in [1.82, 2.24) is 0 Å². The van der Waals surface area contributed by atoms with Gasteiger partial charge in [-0.3, -0.25) is 4.79 Å². The van der Waals surface area contributed by atoms with Crippen LogP contribution in [0.2, 0.25) is 0 Å². The van der Waals surface area contributed by atoms with E-state index in [1.165, 1.54) is 5.56 Å². The van der Waals surface area contributed by atoms with Crippen molar-refractivity contribution in [2.24, 2.45) is 5.73 Å². The molecule has 0 spiro atoms. The molecule has 0 saturated carbocycles. The summed E-state index contributed by atoms with van der Waals surface area (Å²) < 4.78 is 0. The Hall–Kier alpha value is -1.57. The third kappa shape index (κ3) is 5.60. The zero-order valence-electron chi connectivity index (χ0n) is 12.8. The largest absolute Gasteiger partial charge is 0.366 e. The van der Waals surface area contributed by atoms with Crippen molar-refractivity contribution in [2.45, 2.75) is 58.3 Å². The maximum absolute atomic E-state index is 11.5. The van der Waals surface area contributed by atoms with E-state index < -0.39 is 0 Å². The number of amides is 1. The molecule has 1 unspecified atom stereocenters. The van der Waals surface area contributed by atoms with Gasteiger partial charge in [-0.15, -0.1) is 0 Å². The van der Waals surface area contributed by atoms with Gasteiger partial charge < -0.3 is 5.73 Å². The topological polar surface area (TPSA) is 43.1 Å². The standard InChI is InChI=1S/C18H27NO/c1-3-5-7-12-17(18(19)20)14-13-15(4-2)16-10-8-6-9-11-16/h6,8-12,15H,3-5,7,13-14H2,1-2H3,(H2,19,20)/b17-12-. The second-order valence-corrected chi connectivity index (χ2v) is 5.29. The maximum atomic E-state index is 11.5. The van der Waals surface area contributed by atoms with Crippen LogP contribution in [0, 0.1) is 0 Å². The first-order chi connectivity index (χ1) is 9.69. The lowest BCUT2D eigenvalue weighted by molar-refractivity contribution is -0.114. The van der Waals surface area contributed by atoms with Crippen molar-refractivity contribution >= 4 is 5.91 Å². The SMILES string of the molecule is CCCC/C=C(/CCC(CC)c1ccccc1)C(N)=O. The fourth-order valence-electron chi connectivity index (χ4n) is 2.47. The molecule has 1 atom stereocenters.